The van der Waals surface area contributed by atoms with Crippen molar-refractivity contribution in [1.29, 1.82) is 0 Å². The van der Waals surface area contributed by atoms with E-state index in [4.69, 9.17) is 15.3 Å². The average molecular weight is 230 g/mol. The Morgan fingerprint density at radius 1 is 1.31 bits per heavy atom. The number of ether oxygens (including phenoxy) is 1. The Labute approximate surface area is 99.1 Å². The van der Waals surface area contributed by atoms with Crippen molar-refractivity contribution in [3.8, 4) is 0 Å². The zero-order valence-corrected chi connectivity index (χ0v) is 11.0. The van der Waals surface area contributed by atoms with Crippen molar-refractivity contribution in [2.45, 2.75) is 52.6 Å². The van der Waals surface area contributed by atoms with E-state index in [1.54, 1.807) is 0 Å². The third-order valence-electron chi connectivity index (χ3n) is 1.68. The van der Waals surface area contributed by atoms with Crippen LogP contribution in [-0.4, -0.2) is 18.8 Å². The first kappa shape index (κ1) is 15.3. The quantitative estimate of drug-likeness (QED) is 0.382. The summed E-state index contributed by atoms with van der Waals surface area (Å²) in [5.41, 5.74) is 8.01. The fourth-order valence-corrected chi connectivity index (χ4v) is 1.06. The molecule has 4 nitrogen and oxygen atoms in total. The second-order valence-electron chi connectivity index (χ2n) is 4.64. The number of unbranched alkanes of at least 4 members (excludes halogenated alkanes) is 1. The maximum absolute atomic E-state index is 5.69. The van der Waals surface area contributed by atoms with Crippen molar-refractivity contribution in [1.82, 2.24) is 5.48 Å². The first-order valence-corrected chi connectivity index (χ1v) is 5.96. The van der Waals surface area contributed by atoms with Crippen LogP contribution in [0.5, 0.6) is 0 Å². The smallest absolute Gasteiger partial charge is 0.207 e. The highest BCUT2D eigenvalue weighted by Crippen LogP contribution is 2.12. The fourth-order valence-electron chi connectivity index (χ4n) is 1.06. The van der Waals surface area contributed by atoms with Crippen LogP contribution < -0.4 is 11.2 Å². The van der Waals surface area contributed by atoms with Gasteiger partial charge < -0.3 is 10.5 Å². The fraction of sp³-hybridized carbons (Fsp3) is 0.833. The molecule has 0 saturated carbocycles. The number of rotatable bonds is 8. The van der Waals surface area contributed by atoms with E-state index in [9.17, 15) is 0 Å². The Morgan fingerprint density at radius 2 is 2.00 bits per heavy atom. The standard InChI is InChI=1S/C12H26N2O2/c1-5-8-11(16-12(2,3)4)14-15-10-7-6-9-13/h8,14H,5-7,9-10,13H2,1-4H3/b11-8+. The summed E-state index contributed by atoms with van der Waals surface area (Å²) in [4.78, 5) is 5.30. The summed E-state index contributed by atoms with van der Waals surface area (Å²) in [5, 5.41) is 0. The molecule has 0 aromatic carbocycles. The lowest BCUT2D eigenvalue weighted by molar-refractivity contribution is -0.0336. The molecule has 0 aliphatic rings. The molecule has 3 N–H and O–H groups in total. The molecular formula is C12H26N2O2. The van der Waals surface area contributed by atoms with Gasteiger partial charge in [-0.25, -0.2) is 5.48 Å². The van der Waals surface area contributed by atoms with Crippen molar-refractivity contribution >= 4 is 0 Å². The van der Waals surface area contributed by atoms with Gasteiger partial charge in [0.25, 0.3) is 0 Å². The molecule has 0 unspecified atom stereocenters. The Morgan fingerprint density at radius 3 is 2.50 bits per heavy atom. The molecule has 16 heavy (non-hydrogen) atoms. The highest BCUT2D eigenvalue weighted by atomic mass is 16.7. The van der Waals surface area contributed by atoms with Gasteiger partial charge in [-0.15, -0.1) is 0 Å². The average Bonchev–Trinajstić information content (AvgIpc) is 2.15. The van der Waals surface area contributed by atoms with E-state index < -0.39 is 0 Å². The molecule has 0 saturated heterocycles. The Balaban J connectivity index is 3.83. The highest BCUT2D eigenvalue weighted by Gasteiger charge is 2.13. The van der Waals surface area contributed by atoms with Crippen LogP contribution in [0.15, 0.2) is 12.0 Å². The first-order valence-electron chi connectivity index (χ1n) is 5.96. The maximum Gasteiger partial charge on any atom is 0.207 e. The zero-order chi connectivity index (χ0) is 12.4. The molecule has 0 fully saturated rings. The molecule has 0 spiro atoms. The van der Waals surface area contributed by atoms with Gasteiger partial charge in [0.2, 0.25) is 5.88 Å². The highest BCUT2D eigenvalue weighted by molar-refractivity contribution is 4.89. The van der Waals surface area contributed by atoms with Crippen LogP contribution in [-0.2, 0) is 9.57 Å². The molecule has 0 rings (SSSR count). The van der Waals surface area contributed by atoms with Gasteiger partial charge in [0.15, 0.2) is 0 Å². The second-order valence-corrected chi connectivity index (χ2v) is 4.64. The van der Waals surface area contributed by atoms with Crippen molar-refractivity contribution in [2.75, 3.05) is 13.2 Å². The second kappa shape index (κ2) is 8.42. The van der Waals surface area contributed by atoms with Crippen LogP contribution in [0.4, 0.5) is 0 Å². The normalized spacial score (nSPS) is 12.7. The van der Waals surface area contributed by atoms with Crippen molar-refractivity contribution in [3.63, 3.8) is 0 Å². The predicted octanol–water partition coefficient (Wildman–Crippen LogP) is 2.31. The lowest BCUT2D eigenvalue weighted by Gasteiger charge is -2.23. The molecule has 0 aliphatic carbocycles. The number of nitrogens with one attached hydrogen (secondary N) is 1. The number of hydrogen-bond acceptors (Lipinski definition) is 4. The summed E-state index contributed by atoms with van der Waals surface area (Å²) < 4.78 is 5.69. The monoisotopic (exact) mass is 230 g/mol. The van der Waals surface area contributed by atoms with Crippen LogP contribution in [0.2, 0.25) is 0 Å². The van der Waals surface area contributed by atoms with E-state index in [0.717, 1.165) is 19.3 Å². The van der Waals surface area contributed by atoms with Gasteiger partial charge in [0.05, 0.1) is 6.61 Å². The number of hydroxylamine groups is 1. The third kappa shape index (κ3) is 9.80. The molecule has 0 amide bonds. The largest absolute Gasteiger partial charge is 0.472 e. The minimum absolute atomic E-state index is 0.214. The summed E-state index contributed by atoms with van der Waals surface area (Å²) in [6.07, 6.45) is 4.81. The van der Waals surface area contributed by atoms with Crippen molar-refractivity contribution < 1.29 is 9.57 Å². The van der Waals surface area contributed by atoms with Crippen LogP contribution in [0, 0.1) is 0 Å². The van der Waals surface area contributed by atoms with Gasteiger partial charge in [-0.3, -0.25) is 4.84 Å². The summed E-state index contributed by atoms with van der Waals surface area (Å²) in [5.74, 6) is 0.683. The predicted molar refractivity (Wildman–Crippen MR) is 66.6 cm³/mol. The molecule has 0 aromatic rings. The minimum Gasteiger partial charge on any atom is -0.472 e. The van der Waals surface area contributed by atoms with Gasteiger partial charge in [0, 0.05) is 0 Å². The van der Waals surface area contributed by atoms with Crippen molar-refractivity contribution in [3.05, 3.63) is 12.0 Å². The zero-order valence-electron chi connectivity index (χ0n) is 11.0. The van der Waals surface area contributed by atoms with Crippen LogP contribution in [0.1, 0.15) is 47.0 Å². The lowest BCUT2D eigenvalue weighted by Crippen LogP contribution is -2.26. The van der Waals surface area contributed by atoms with Gasteiger partial charge in [-0.1, -0.05) is 6.92 Å². The topological polar surface area (TPSA) is 56.5 Å². The molecular weight excluding hydrogens is 204 g/mol. The molecule has 0 radical (unpaired) electrons. The Kier molecular flexibility index (Phi) is 8.03. The summed E-state index contributed by atoms with van der Waals surface area (Å²) in [6, 6.07) is 0. The summed E-state index contributed by atoms with van der Waals surface area (Å²) >= 11 is 0. The van der Waals surface area contributed by atoms with E-state index in [1.165, 1.54) is 0 Å². The van der Waals surface area contributed by atoms with Gasteiger partial charge in [-0.2, -0.15) is 0 Å². The Bertz CT molecular complexity index is 198. The molecule has 0 aliphatic heterocycles. The van der Waals surface area contributed by atoms with E-state index in [0.29, 0.717) is 19.0 Å². The van der Waals surface area contributed by atoms with Crippen LogP contribution in [0.3, 0.4) is 0 Å². The van der Waals surface area contributed by atoms with E-state index in [1.807, 2.05) is 26.8 Å². The van der Waals surface area contributed by atoms with Gasteiger partial charge in [-0.05, 0) is 52.7 Å². The molecule has 0 atom stereocenters. The molecule has 0 bridgehead atoms. The first-order chi connectivity index (χ1) is 7.49. The molecule has 4 heteroatoms. The van der Waals surface area contributed by atoms with Crippen LogP contribution >= 0.6 is 0 Å². The van der Waals surface area contributed by atoms with E-state index >= 15 is 0 Å². The number of hydrogen-bond donors (Lipinski definition) is 2. The van der Waals surface area contributed by atoms with Crippen molar-refractivity contribution in [2.24, 2.45) is 5.73 Å². The lowest BCUT2D eigenvalue weighted by atomic mass is 10.2. The molecule has 96 valence electrons. The molecule has 0 aromatic heterocycles. The summed E-state index contributed by atoms with van der Waals surface area (Å²) in [7, 11) is 0. The molecule has 0 heterocycles. The summed E-state index contributed by atoms with van der Waals surface area (Å²) in [6.45, 7) is 9.43. The van der Waals surface area contributed by atoms with Gasteiger partial charge >= 0.3 is 0 Å². The Hall–Kier alpha value is -0.740. The van der Waals surface area contributed by atoms with Gasteiger partial charge in [0.1, 0.15) is 5.60 Å². The SMILES string of the molecule is CC/C=C(\NOCCCCN)OC(C)(C)C. The number of nitrogens with two attached hydrogens (primary N) is 1. The van der Waals surface area contributed by atoms with E-state index in [-0.39, 0.29) is 5.60 Å². The third-order valence-corrected chi connectivity index (χ3v) is 1.68. The van der Waals surface area contributed by atoms with Crippen LogP contribution in [0.25, 0.3) is 0 Å². The minimum atomic E-state index is -0.214. The van der Waals surface area contributed by atoms with E-state index in [2.05, 4.69) is 12.4 Å². The number of allylic oxidation sites excluding steroid dienone is 1. The maximum atomic E-state index is 5.69.